The van der Waals surface area contributed by atoms with Crippen LogP contribution in [0.4, 0.5) is 0 Å². The number of carbonyl (C=O) groups excluding carboxylic acids is 1. The van der Waals surface area contributed by atoms with Crippen molar-refractivity contribution in [3.8, 4) is 5.75 Å². The van der Waals surface area contributed by atoms with E-state index in [9.17, 15) is 4.79 Å². The smallest absolute Gasteiger partial charge is 0.223 e. The first-order valence-corrected chi connectivity index (χ1v) is 5.74. The molecule has 0 aliphatic rings. The largest absolute Gasteiger partial charge is 0.497 e. The lowest BCUT2D eigenvalue weighted by molar-refractivity contribution is -0.129. The Bertz CT molecular complexity index is 349. The fraction of sp³-hybridized carbons (Fsp3) is 0.462. The molecule has 4 heteroatoms. The Morgan fingerprint density at radius 2 is 2.00 bits per heavy atom. The van der Waals surface area contributed by atoms with Crippen molar-refractivity contribution >= 4 is 5.91 Å². The summed E-state index contributed by atoms with van der Waals surface area (Å²) in [5.41, 5.74) is 6.54. The highest BCUT2D eigenvalue weighted by molar-refractivity contribution is 5.76. The molecule has 0 aliphatic heterocycles. The van der Waals surface area contributed by atoms with E-state index in [4.69, 9.17) is 10.5 Å². The fourth-order valence-corrected chi connectivity index (χ4v) is 1.53. The van der Waals surface area contributed by atoms with E-state index < -0.39 is 0 Å². The number of nitrogens with two attached hydrogens (primary N) is 1. The molecule has 0 spiro atoms. The number of hydrogen-bond donors (Lipinski definition) is 1. The van der Waals surface area contributed by atoms with Crippen LogP contribution in [0.3, 0.4) is 0 Å². The van der Waals surface area contributed by atoms with E-state index in [-0.39, 0.29) is 5.91 Å². The average Bonchev–Trinajstić information content (AvgIpc) is 2.36. The van der Waals surface area contributed by atoms with E-state index in [0.717, 1.165) is 12.2 Å². The highest BCUT2D eigenvalue weighted by atomic mass is 16.5. The quantitative estimate of drug-likeness (QED) is 0.803. The maximum atomic E-state index is 11.5. The van der Waals surface area contributed by atoms with Crippen LogP contribution in [0.15, 0.2) is 24.3 Å². The Morgan fingerprint density at radius 3 is 2.53 bits per heavy atom. The molecule has 1 rings (SSSR count). The molecule has 0 saturated heterocycles. The molecule has 0 radical (unpaired) electrons. The van der Waals surface area contributed by atoms with Gasteiger partial charge in [0.25, 0.3) is 0 Å². The molecule has 0 saturated carbocycles. The molecule has 0 aromatic heterocycles. The summed E-state index contributed by atoms with van der Waals surface area (Å²) in [5.74, 6) is 0.947. The van der Waals surface area contributed by atoms with Gasteiger partial charge in [-0.2, -0.15) is 0 Å². The van der Waals surface area contributed by atoms with Crippen molar-refractivity contribution in [1.82, 2.24) is 4.90 Å². The molecular formula is C13H20N2O2. The molecule has 94 valence electrons. The lowest BCUT2D eigenvalue weighted by Gasteiger charge is -2.16. The number of benzene rings is 1. The lowest BCUT2D eigenvalue weighted by atomic mass is 10.1. The number of amides is 1. The van der Waals surface area contributed by atoms with Gasteiger partial charge in [0.2, 0.25) is 5.91 Å². The molecule has 4 nitrogen and oxygen atoms in total. The summed E-state index contributed by atoms with van der Waals surface area (Å²) < 4.78 is 5.09. The minimum absolute atomic E-state index is 0.0982. The normalized spacial score (nSPS) is 10.1. The van der Waals surface area contributed by atoms with Crippen LogP contribution >= 0.6 is 0 Å². The van der Waals surface area contributed by atoms with Crippen molar-refractivity contribution in [2.45, 2.75) is 12.8 Å². The third-order valence-electron chi connectivity index (χ3n) is 2.68. The molecule has 1 aromatic carbocycles. The molecule has 1 aromatic rings. The molecule has 2 N–H and O–H groups in total. The second-order valence-electron chi connectivity index (χ2n) is 3.95. The molecule has 0 unspecified atom stereocenters. The van der Waals surface area contributed by atoms with Crippen LogP contribution in [-0.2, 0) is 11.2 Å². The highest BCUT2D eigenvalue weighted by Crippen LogP contribution is 2.11. The summed E-state index contributed by atoms with van der Waals surface area (Å²) >= 11 is 0. The van der Waals surface area contributed by atoms with Gasteiger partial charge in [-0.3, -0.25) is 4.79 Å². The summed E-state index contributed by atoms with van der Waals surface area (Å²) in [7, 11) is 3.45. The Balaban J connectivity index is 2.41. The zero-order valence-electron chi connectivity index (χ0n) is 10.5. The number of hydrogen-bond acceptors (Lipinski definition) is 3. The molecular weight excluding hydrogens is 216 g/mol. The number of methoxy groups -OCH3 is 1. The van der Waals surface area contributed by atoms with Crippen LogP contribution < -0.4 is 10.5 Å². The predicted octanol–water partition coefficient (Wildman–Crippen LogP) is 1.04. The Hall–Kier alpha value is -1.55. The van der Waals surface area contributed by atoms with E-state index >= 15 is 0 Å². The van der Waals surface area contributed by atoms with E-state index in [0.29, 0.717) is 19.5 Å². The topological polar surface area (TPSA) is 55.6 Å². The van der Waals surface area contributed by atoms with Gasteiger partial charge in [0.15, 0.2) is 0 Å². The minimum Gasteiger partial charge on any atom is -0.497 e. The summed E-state index contributed by atoms with van der Waals surface area (Å²) in [6, 6.07) is 7.88. The van der Waals surface area contributed by atoms with Crippen molar-refractivity contribution in [2.24, 2.45) is 5.73 Å². The third-order valence-corrected chi connectivity index (χ3v) is 2.68. The number of carbonyl (C=O) groups is 1. The predicted molar refractivity (Wildman–Crippen MR) is 68.0 cm³/mol. The summed E-state index contributed by atoms with van der Waals surface area (Å²) in [4.78, 5) is 13.2. The first kappa shape index (κ1) is 13.5. The number of nitrogens with zero attached hydrogens (tertiary/aromatic N) is 1. The summed E-state index contributed by atoms with van der Waals surface area (Å²) in [6.07, 6.45) is 1.26. The standard InChI is InChI=1S/C13H20N2O2/c1-15(13(16)7-9-14)10-8-11-3-5-12(17-2)6-4-11/h3-6H,7-10,14H2,1-2H3. The van der Waals surface area contributed by atoms with Gasteiger partial charge in [-0.05, 0) is 24.1 Å². The lowest BCUT2D eigenvalue weighted by Crippen LogP contribution is -2.30. The van der Waals surface area contributed by atoms with E-state index in [1.54, 1.807) is 12.0 Å². The number of rotatable bonds is 6. The molecule has 0 aliphatic carbocycles. The van der Waals surface area contributed by atoms with E-state index in [1.165, 1.54) is 5.56 Å². The van der Waals surface area contributed by atoms with Gasteiger partial charge in [0, 0.05) is 26.6 Å². The van der Waals surface area contributed by atoms with Gasteiger partial charge in [-0.15, -0.1) is 0 Å². The van der Waals surface area contributed by atoms with Crippen LogP contribution in [-0.4, -0.2) is 38.1 Å². The van der Waals surface area contributed by atoms with Crippen molar-refractivity contribution < 1.29 is 9.53 Å². The SMILES string of the molecule is COc1ccc(CCN(C)C(=O)CCN)cc1. The Morgan fingerprint density at radius 1 is 1.35 bits per heavy atom. The van der Waals surface area contributed by atoms with Gasteiger partial charge in [-0.1, -0.05) is 12.1 Å². The number of ether oxygens (including phenoxy) is 1. The zero-order valence-corrected chi connectivity index (χ0v) is 10.5. The first-order chi connectivity index (χ1) is 8.17. The van der Waals surface area contributed by atoms with Crippen LogP contribution in [0.2, 0.25) is 0 Å². The monoisotopic (exact) mass is 236 g/mol. The second-order valence-corrected chi connectivity index (χ2v) is 3.95. The van der Waals surface area contributed by atoms with Gasteiger partial charge >= 0.3 is 0 Å². The van der Waals surface area contributed by atoms with Crippen molar-refractivity contribution in [3.05, 3.63) is 29.8 Å². The van der Waals surface area contributed by atoms with Crippen LogP contribution in [0.1, 0.15) is 12.0 Å². The number of likely N-dealkylation sites (N-methyl/N-ethyl adjacent to an activating group) is 1. The molecule has 0 heterocycles. The van der Waals surface area contributed by atoms with Crippen LogP contribution in [0.5, 0.6) is 5.75 Å². The van der Waals surface area contributed by atoms with Crippen LogP contribution in [0, 0.1) is 0 Å². The minimum atomic E-state index is 0.0982. The second kappa shape index (κ2) is 6.91. The zero-order chi connectivity index (χ0) is 12.7. The molecule has 0 bridgehead atoms. The molecule has 0 atom stereocenters. The van der Waals surface area contributed by atoms with Gasteiger partial charge in [0.1, 0.15) is 5.75 Å². The first-order valence-electron chi connectivity index (χ1n) is 5.74. The summed E-state index contributed by atoms with van der Waals surface area (Å²) in [6.45, 7) is 1.12. The van der Waals surface area contributed by atoms with Gasteiger partial charge in [-0.25, -0.2) is 0 Å². The summed E-state index contributed by atoms with van der Waals surface area (Å²) in [5, 5.41) is 0. The van der Waals surface area contributed by atoms with Crippen LogP contribution in [0.25, 0.3) is 0 Å². The van der Waals surface area contributed by atoms with E-state index in [2.05, 4.69) is 0 Å². The molecule has 17 heavy (non-hydrogen) atoms. The van der Waals surface area contributed by atoms with Gasteiger partial charge in [0.05, 0.1) is 7.11 Å². The van der Waals surface area contributed by atoms with Crippen molar-refractivity contribution in [1.29, 1.82) is 0 Å². The maximum Gasteiger partial charge on any atom is 0.223 e. The molecule has 1 amide bonds. The van der Waals surface area contributed by atoms with Crippen molar-refractivity contribution in [2.75, 3.05) is 27.2 Å². The van der Waals surface area contributed by atoms with Gasteiger partial charge < -0.3 is 15.4 Å². The highest BCUT2D eigenvalue weighted by Gasteiger charge is 2.06. The molecule has 0 fully saturated rings. The Labute approximate surface area is 102 Å². The van der Waals surface area contributed by atoms with E-state index in [1.807, 2.05) is 31.3 Å². The average molecular weight is 236 g/mol. The fourth-order valence-electron chi connectivity index (χ4n) is 1.53. The van der Waals surface area contributed by atoms with Crippen molar-refractivity contribution in [3.63, 3.8) is 0 Å². The third kappa shape index (κ3) is 4.44. The maximum absolute atomic E-state index is 11.5. The Kier molecular flexibility index (Phi) is 5.49.